The van der Waals surface area contributed by atoms with E-state index in [1.807, 2.05) is 0 Å². The lowest BCUT2D eigenvalue weighted by Gasteiger charge is -2.22. The van der Waals surface area contributed by atoms with Gasteiger partial charge in [-0.2, -0.15) is 0 Å². The summed E-state index contributed by atoms with van der Waals surface area (Å²) in [5, 5.41) is 16.2. The van der Waals surface area contributed by atoms with Crippen molar-refractivity contribution < 1.29 is 14.5 Å². The molecule has 0 radical (unpaired) electrons. The maximum absolute atomic E-state index is 11.6. The topological polar surface area (TPSA) is 93.5 Å². The SMILES string of the molecule is O=C(Nc1cccc([N+](=O)[O-])c1)O[C@H]1CCCNC1. The van der Waals surface area contributed by atoms with Crippen molar-refractivity contribution in [3.8, 4) is 0 Å². The number of amides is 1. The smallest absolute Gasteiger partial charge is 0.411 e. The molecule has 1 amide bonds. The summed E-state index contributed by atoms with van der Waals surface area (Å²) in [5.74, 6) is 0. The minimum Gasteiger partial charge on any atom is -0.445 e. The number of hydrogen-bond acceptors (Lipinski definition) is 5. The van der Waals surface area contributed by atoms with Crippen LogP contribution in [0.1, 0.15) is 12.8 Å². The molecule has 102 valence electrons. The lowest BCUT2D eigenvalue weighted by molar-refractivity contribution is -0.384. The number of ether oxygens (including phenoxy) is 1. The summed E-state index contributed by atoms with van der Waals surface area (Å²) >= 11 is 0. The van der Waals surface area contributed by atoms with Crippen LogP contribution in [0.2, 0.25) is 0 Å². The van der Waals surface area contributed by atoms with Gasteiger partial charge in [0.05, 0.1) is 10.6 Å². The van der Waals surface area contributed by atoms with Crippen LogP contribution in [0.15, 0.2) is 24.3 Å². The van der Waals surface area contributed by atoms with Gasteiger partial charge in [0.25, 0.3) is 5.69 Å². The molecule has 7 heteroatoms. The van der Waals surface area contributed by atoms with Crippen LogP contribution in [0.4, 0.5) is 16.2 Å². The first-order valence-corrected chi connectivity index (χ1v) is 6.08. The molecule has 1 aromatic carbocycles. The Hall–Kier alpha value is -2.15. The third kappa shape index (κ3) is 3.92. The number of rotatable bonds is 3. The second kappa shape index (κ2) is 6.14. The molecule has 2 N–H and O–H groups in total. The fraction of sp³-hybridized carbons (Fsp3) is 0.417. The summed E-state index contributed by atoms with van der Waals surface area (Å²) < 4.78 is 5.21. The van der Waals surface area contributed by atoms with Crippen molar-refractivity contribution in [2.24, 2.45) is 0 Å². The number of carbonyl (C=O) groups is 1. The molecule has 1 aromatic rings. The fourth-order valence-corrected chi connectivity index (χ4v) is 1.92. The standard InChI is InChI=1S/C12H15N3O4/c16-12(19-11-5-2-6-13-8-11)14-9-3-1-4-10(7-9)15(17)18/h1,3-4,7,11,13H,2,5-6,8H2,(H,14,16)/t11-/m0/s1. The zero-order valence-corrected chi connectivity index (χ0v) is 10.3. The summed E-state index contributed by atoms with van der Waals surface area (Å²) in [5.41, 5.74) is 0.278. The highest BCUT2D eigenvalue weighted by atomic mass is 16.6. The molecular formula is C12H15N3O4. The second-order valence-corrected chi connectivity index (χ2v) is 4.31. The Balaban J connectivity index is 1.90. The second-order valence-electron chi connectivity index (χ2n) is 4.31. The van der Waals surface area contributed by atoms with E-state index in [1.165, 1.54) is 18.2 Å². The Kier molecular flexibility index (Phi) is 4.30. The minimum absolute atomic E-state index is 0.0721. The molecule has 1 saturated heterocycles. The van der Waals surface area contributed by atoms with E-state index in [4.69, 9.17) is 4.74 Å². The Morgan fingerprint density at radius 1 is 1.53 bits per heavy atom. The van der Waals surface area contributed by atoms with E-state index in [2.05, 4.69) is 10.6 Å². The molecular weight excluding hydrogens is 250 g/mol. The predicted octanol–water partition coefficient (Wildman–Crippen LogP) is 1.90. The van der Waals surface area contributed by atoms with Gasteiger partial charge in [0.15, 0.2) is 0 Å². The molecule has 1 fully saturated rings. The zero-order valence-electron chi connectivity index (χ0n) is 10.3. The van der Waals surface area contributed by atoms with Crippen LogP contribution in [0, 0.1) is 10.1 Å². The Morgan fingerprint density at radius 3 is 3.05 bits per heavy atom. The quantitative estimate of drug-likeness (QED) is 0.643. The van der Waals surface area contributed by atoms with Gasteiger partial charge in [-0.05, 0) is 25.5 Å². The van der Waals surface area contributed by atoms with E-state index >= 15 is 0 Å². The van der Waals surface area contributed by atoms with Gasteiger partial charge in [0.1, 0.15) is 6.10 Å². The van der Waals surface area contributed by atoms with E-state index in [-0.39, 0.29) is 11.8 Å². The number of nitrogens with zero attached hydrogens (tertiary/aromatic N) is 1. The zero-order chi connectivity index (χ0) is 13.7. The van der Waals surface area contributed by atoms with Gasteiger partial charge in [-0.15, -0.1) is 0 Å². The number of hydrogen-bond donors (Lipinski definition) is 2. The van der Waals surface area contributed by atoms with Crippen molar-refractivity contribution in [1.82, 2.24) is 5.32 Å². The van der Waals surface area contributed by atoms with E-state index in [0.717, 1.165) is 19.4 Å². The molecule has 0 saturated carbocycles. The maximum atomic E-state index is 11.6. The van der Waals surface area contributed by atoms with Crippen molar-refractivity contribution in [1.29, 1.82) is 0 Å². The number of non-ortho nitro benzene ring substituents is 1. The largest absolute Gasteiger partial charge is 0.445 e. The molecule has 0 aliphatic carbocycles. The van der Waals surface area contributed by atoms with Crippen molar-refractivity contribution in [2.45, 2.75) is 18.9 Å². The molecule has 1 aliphatic heterocycles. The molecule has 1 aliphatic rings. The van der Waals surface area contributed by atoms with Gasteiger partial charge >= 0.3 is 6.09 Å². The van der Waals surface area contributed by atoms with Gasteiger partial charge in [0, 0.05) is 18.7 Å². The van der Waals surface area contributed by atoms with Gasteiger partial charge in [-0.3, -0.25) is 15.4 Å². The van der Waals surface area contributed by atoms with Crippen LogP contribution in [0.25, 0.3) is 0 Å². The summed E-state index contributed by atoms with van der Waals surface area (Å²) in [6.07, 6.45) is 1.06. The van der Waals surface area contributed by atoms with Crippen LogP contribution in [0.5, 0.6) is 0 Å². The highest BCUT2D eigenvalue weighted by molar-refractivity contribution is 5.85. The Labute approximate surface area is 110 Å². The molecule has 0 unspecified atom stereocenters. The molecule has 0 spiro atoms. The van der Waals surface area contributed by atoms with Gasteiger partial charge in [-0.25, -0.2) is 4.79 Å². The third-order valence-electron chi connectivity index (χ3n) is 2.83. The van der Waals surface area contributed by atoms with Crippen molar-refractivity contribution in [3.05, 3.63) is 34.4 Å². The average molecular weight is 265 g/mol. The first-order valence-electron chi connectivity index (χ1n) is 6.08. The predicted molar refractivity (Wildman–Crippen MR) is 69.1 cm³/mol. The Morgan fingerprint density at radius 2 is 2.37 bits per heavy atom. The van der Waals surface area contributed by atoms with Crippen LogP contribution in [-0.2, 0) is 4.74 Å². The summed E-state index contributed by atoms with van der Waals surface area (Å²) in [7, 11) is 0. The molecule has 7 nitrogen and oxygen atoms in total. The molecule has 2 rings (SSSR count). The number of carbonyl (C=O) groups excluding carboxylic acids is 1. The van der Waals surface area contributed by atoms with Crippen LogP contribution >= 0.6 is 0 Å². The van der Waals surface area contributed by atoms with Crippen LogP contribution < -0.4 is 10.6 Å². The van der Waals surface area contributed by atoms with Crippen molar-refractivity contribution in [2.75, 3.05) is 18.4 Å². The number of piperidine rings is 1. The van der Waals surface area contributed by atoms with E-state index in [0.29, 0.717) is 12.2 Å². The van der Waals surface area contributed by atoms with Gasteiger partial charge < -0.3 is 10.1 Å². The number of benzene rings is 1. The fourth-order valence-electron chi connectivity index (χ4n) is 1.92. The van der Waals surface area contributed by atoms with E-state index in [1.54, 1.807) is 6.07 Å². The molecule has 0 aromatic heterocycles. The maximum Gasteiger partial charge on any atom is 0.411 e. The van der Waals surface area contributed by atoms with Gasteiger partial charge in [0.2, 0.25) is 0 Å². The highest BCUT2D eigenvalue weighted by Gasteiger charge is 2.17. The average Bonchev–Trinajstić information content (AvgIpc) is 2.40. The van der Waals surface area contributed by atoms with E-state index < -0.39 is 11.0 Å². The summed E-state index contributed by atoms with van der Waals surface area (Å²) in [6, 6.07) is 5.74. The molecule has 0 bridgehead atoms. The monoisotopic (exact) mass is 265 g/mol. The number of nitro benzene ring substituents is 1. The Bertz CT molecular complexity index is 472. The number of nitro groups is 1. The number of anilines is 1. The molecule has 19 heavy (non-hydrogen) atoms. The summed E-state index contributed by atoms with van der Waals surface area (Å²) in [4.78, 5) is 21.7. The van der Waals surface area contributed by atoms with Crippen molar-refractivity contribution in [3.63, 3.8) is 0 Å². The lowest BCUT2D eigenvalue weighted by atomic mass is 10.1. The normalized spacial score (nSPS) is 18.6. The highest BCUT2D eigenvalue weighted by Crippen LogP contribution is 2.17. The molecule has 1 atom stereocenters. The van der Waals surface area contributed by atoms with Crippen molar-refractivity contribution >= 4 is 17.5 Å². The first-order chi connectivity index (χ1) is 9.15. The van der Waals surface area contributed by atoms with Gasteiger partial charge in [-0.1, -0.05) is 6.07 Å². The minimum atomic E-state index is -0.589. The summed E-state index contributed by atoms with van der Waals surface area (Å²) in [6.45, 7) is 1.58. The number of nitrogens with one attached hydrogen (secondary N) is 2. The lowest BCUT2D eigenvalue weighted by Crippen LogP contribution is -2.37. The van der Waals surface area contributed by atoms with E-state index in [9.17, 15) is 14.9 Å². The van der Waals surface area contributed by atoms with Crippen LogP contribution in [0.3, 0.4) is 0 Å². The third-order valence-corrected chi connectivity index (χ3v) is 2.83. The first kappa shape index (κ1) is 13.3. The van der Waals surface area contributed by atoms with Crippen LogP contribution in [-0.4, -0.2) is 30.2 Å². The molecule has 1 heterocycles.